The Balaban J connectivity index is 1.58. The first-order chi connectivity index (χ1) is 17.6. The molecule has 1 N–H and O–H groups in total. The lowest BCUT2D eigenvalue weighted by Crippen LogP contribution is -2.17. The van der Waals surface area contributed by atoms with Crippen LogP contribution in [0.1, 0.15) is 29.3 Å². The molecule has 1 aromatic heterocycles. The number of benzene rings is 3. The highest BCUT2D eigenvalue weighted by Gasteiger charge is 2.20. The summed E-state index contributed by atoms with van der Waals surface area (Å²) in [6.45, 7) is 4.27. The normalized spacial score (nSPS) is 10.9. The Morgan fingerprint density at radius 2 is 1.67 bits per heavy atom. The third kappa shape index (κ3) is 5.78. The van der Waals surface area contributed by atoms with Crippen LogP contribution in [0.3, 0.4) is 0 Å². The number of imidazole rings is 1. The van der Waals surface area contributed by atoms with Gasteiger partial charge in [0.15, 0.2) is 11.5 Å². The number of amides is 1. The van der Waals surface area contributed by atoms with E-state index >= 15 is 0 Å². The summed E-state index contributed by atoms with van der Waals surface area (Å²) in [6, 6.07) is 20.9. The lowest BCUT2D eigenvalue weighted by molar-refractivity contribution is 0.102. The SMILES string of the molecule is CCOCCCn1c(NC(=O)c2cc(OC)c(OCc3ccccc3)c(OC)c2)nc2ccccc21. The fraction of sp³-hybridized carbons (Fsp3) is 0.286. The molecule has 0 aliphatic rings. The Morgan fingerprint density at radius 3 is 2.36 bits per heavy atom. The van der Waals surface area contributed by atoms with E-state index in [-0.39, 0.29) is 5.91 Å². The number of nitrogens with one attached hydrogen (secondary N) is 1. The number of para-hydroxylation sites is 2. The van der Waals surface area contributed by atoms with Gasteiger partial charge in [0.25, 0.3) is 5.91 Å². The first-order valence-corrected chi connectivity index (χ1v) is 11.9. The highest BCUT2D eigenvalue weighted by Crippen LogP contribution is 2.39. The van der Waals surface area contributed by atoms with Crippen LogP contribution in [0, 0.1) is 0 Å². The number of hydrogen-bond acceptors (Lipinski definition) is 6. The molecular weight excluding hydrogens is 458 g/mol. The molecule has 0 aliphatic carbocycles. The van der Waals surface area contributed by atoms with E-state index in [0.717, 1.165) is 23.0 Å². The Bertz CT molecular complexity index is 1280. The van der Waals surface area contributed by atoms with Crippen LogP contribution in [0.4, 0.5) is 5.95 Å². The van der Waals surface area contributed by atoms with Crippen LogP contribution in [-0.2, 0) is 17.9 Å². The van der Waals surface area contributed by atoms with E-state index in [1.165, 1.54) is 14.2 Å². The number of carbonyl (C=O) groups is 1. The van der Waals surface area contributed by atoms with E-state index in [2.05, 4.69) is 10.3 Å². The molecule has 8 nitrogen and oxygen atoms in total. The molecule has 36 heavy (non-hydrogen) atoms. The van der Waals surface area contributed by atoms with Gasteiger partial charge >= 0.3 is 0 Å². The summed E-state index contributed by atoms with van der Waals surface area (Å²) < 4.78 is 24.6. The Morgan fingerprint density at radius 1 is 0.972 bits per heavy atom. The standard InChI is InChI=1S/C28H31N3O5/c1-4-35-16-10-15-31-23-14-9-8-13-22(23)29-28(31)30-27(32)21-17-24(33-2)26(25(18-21)34-3)36-19-20-11-6-5-7-12-20/h5-9,11-14,17-18H,4,10,15-16,19H2,1-3H3,(H,29,30,32). The number of anilines is 1. The van der Waals surface area contributed by atoms with Crippen molar-refractivity contribution in [3.8, 4) is 17.2 Å². The zero-order chi connectivity index (χ0) is 25.3. The van der Waals surface area contributed by atoms with E-state index < -0.39 is 0 Å². The van der Waals surface area contributed by atoms with Crippen molar-refractivity contribution in [2.75, 3.05) is 32.8 Å². The molecule has 0 saturated heterocycles. The van der Waals surface area contributed by atoms with Gasteiger partial charge in [-0.2, -0.15) is 0 Å². The molecule has 0 bridgehead atoms. The largest absolute Gasteiger partial charge is 0.493 e. The monoisotopic (exact) mass is 489 g/mol. The molecule has 0 fully saturated rings. The minimum Gasteiger partial charge on any atom is -0.493 e. The minimum absolute atomic E-state index is 0.331. The molecule has 4 aromatic rings. The van der Waals surface area contributed by atoms with Gasteiger partial charge < -0.3 is 23.5 Å². The smallest absolute Gasteiger partial charge is 0.258 e. The van der Waals surface area contributed by atoms with Gasteiger partial charge in [-0.05, 0) is 43.2 Å². The van der Waals surface area contributed by atoms with E-state index in [1.54, 1.807) is 12.1 Å². The maximum atomic E-state index is 13.3. The summed E-state index contributed by atoms with van der Waals surface area (Å²) in [5.41, 5.74) is 3.13. The van der Waals surface area contributed by atoms with Gasteiger partial charge in [0.1, 0.15) is 6.61 Å². The number of methoxy groups -OCH3 is 2. The number of fused-ring (bicyclic) bond motifs is 1. The first kappa shape index (κ1) is 25.1. The van der Waals surface area contributed by atoms with Crippen LogP contribution in [0.5, 0.6) is 17.2 Å². The number of aromatic nitrogens is 2. The van der Waals surface area contributed by atoms with Crippen molar-refractivity contribution in [1.82, 2.24) is 9.55 Å². The lowest BCUT2D eigenvalue weighted by Gasteiger charge is -2.16. The molecule has 0 spiro atoms. The van der Waals surface area contributed by atoms with E-state index in [4.69, 9.17) is 18.9 Å². The minimum atomic E-state index is -0.331. The second-order valence-corrected chi connectivity index (χ2v) is 8.06. The highest BCUT2D eigenvalue weighted by atomic mass is 16.5. The van der Waals surface area contributed by atoms with Crippen LogP contribution in [0.2, 0.25) is 0 Å². The molecule has 0 aliphatic heterocycles. The summed E-state index contributed by atoms with van der Waals surface area (Å²) >= 11 is 0. The van der Waals surface area contributed by atoms with Gasteiger partial charge in [-0.1, -0.05) is 42.5 Å². The van der Waals surface area contributed by atoms with Crippen molar-refractivity contribution >= 4 is 22.9 Å². The summed E-state index contributed by atoms with van der Waals surface area (Å²) in [4.78, 5) is 18.0. The maximum Gasteiger partial charge on any atom is 0.258 e. The molecule has 3 aromatic carbocycles. The summed E-state index contributed by atoms with van der Waals surface area (Å²) in [5, 5.41) is 2.96. The molecule has 8 heteroatoms. The number of nitrogens with zero attached hydrogens (tertiary/aromatic N) is 2. The summed E-state index contributed by atoms with van der Waals surface area (Å²) in [7, 11) is 3.06. The van der Waals surface area contributed by atoms with Crippen LogP contribution >= 0.6 is 0 Å². The third-order valence-corrected chi connectivity index (χ3v) is 5.70. The predicted molar refractivity (Wildman–Crippen MR) is 139 cm³/mol. The molecule has 188 valence electrons. The topological polar surface area (TPSA) is 83.8 Å². The Labute approximate surface area is 210 Å². The molecule has 1 heterocycles. The molecule has 0 radical (unpaired) electrons. The zero-order valence-electron chi connectivity index (χ0n) is 20.8. The van der Waals surface area contributed by atoms with Gasteiger partial charge in [-0.3, -0.25) is 10.1 Å². The molecule has 1 amide bonds. The summed E-state index contributed by atoms with van der Waals surface area (Å²) in [6.07, 6.45) is 0.798. The maximum absolute atomic E-state index is 13.3. The highest BCUT2D eigenvalue weighted by molar-refractivity contribution is 6.05. The summed E-state index contributed by atoms with van der Waals surface area (Å²) in [5.74, 6) is 1.38. The van der Waals surface area contributed by atoms with E-state index in [1.807, 2.05) is 66.1 Å². The van der Waals surface area contributed by atoms with Crippen molar-refractivity contribution in [2.45, 2.75) is 26.5 Å². The van der Waals surface area contributed by atoms with E-state index in [0.29, 0.717) is 55.1 Å². The molecule has 0 unspecified atom stereocenters. The van der Waals surface area contributed by atoms with Crippen molar-refractivity contribution in [3.63, 3.8) is 0 Å². The Kier molecular flexibility index (Phi) is 8.41. The van der Waals surface area contributed by atoms with Crippen molar-refractivity contribution in [3.05, 3.63) is 77.9 Å². The van der Waals surface area contributed by atoms with Crippen LogP contribution in [0.15, 0.2) is 66.7 Å². The Hall–Kier alpha value is -4.04. The van der Waals surface area contributed by atoms with Crippen LogP contribution < -0.4 is 19.5 Å². The number of ether oxygens (including phenoxy) is 4. The fourth-order valence-corrected chi connectivity index (χ4v) is 3.92. The molecular formula is C28H31N3O5. The third-order valence-electron chi connectivity index (χ3n) is 5.70. The second kappa shape index (κ2) is 12.1. The quantitative estimate of drug-likeness (QED) is 0.272. The molecule has 0 atom stereocenters. The number of hydrogen-bond donors (Lipinski definition) is 1. The van der Waals surface area contributed by atoms with Gasteiger partial charge in [-0.25, -0.2) is 4.98 Å². The second-order valence-electron chi connectivity index (χ2n) is 8.06. The molecule has 0 saturated carbocycles. The van der Waals surface area contributed by atoms with Gasteiger partial charge in [0.05, 0.1) is 25.3 Å². The van der Waals surface area contributed by atoms with Gasteiger partial charge in [0, 0.05) is 25.3 Å². The van der Waals surface area contributed by atoms with Gasteiger partial charge in [0.2, 0.25) is 11.7 Å². The zero-order valence-corrected chi connectivity index (χ0v) is 20.8. The number of carbonyl (C=O) groups excluding carboxylic acids is 1. The first-order valence-electron chi connectivity index (χ1n) is 11.9. The van der Waals surface area contributed by atoms with Gasteiger partial charge in [-0.15, -0.1) is 0 Å². The van der Waals surface area contributed by atoms with Crippen molar-refractivity contribution < 1.29 is 23.7 Å². The average molecular weight is 490 g/mol. The van der Waals surface area contributed by atoms with Crippen LogP contribution in [-0.4, -0.2) is 42.9 Å². The predicted octanol–water partition coefficient (Wildman–Crippen LogP) is 5.31. The van der Waals surface area contributed by atoms with Crippen molar-refractivity contribution in [1.29, 1.82) is 0 Å². The van der Waals surface area contributed by atoms with E-state index in [9.17, 15) is 4.79 Å². The fourth-order valence-electron chi connectivity index (χ4n) is 3.92. The number of aryl methyl sites for hydroxylation is 1. The average Bonchev–Trinajstić information content (AvgIpc) is 3.26. The molecule has 4 rings (SSSR count). The van der Waals surface area contributed by atoms with Crippen LogP contribution in [0.25, 0.3) is 11.0 Å². The number of rotatable bonds is 12. The van der Waals surface area contributed by atoms with Crippen molar-refractivity contribution in [2.24, 2.45) is 0 Å². The lowest BCUT2D eigenvalue weighted by atomic mass is 10.1.